The molecule has 5 nitrogen and oxygen atoms in total. The zero-order chi connectivity index (χ0) is 15.2. The zero-order valence-corrected chi connectivity index (χ0v) is 11.8. The van der Waals surface area contributed by atoms with Crippen molar-refractivity contribution in [3.8, 4) is 16.9 Å². The van der Waals surface area contributed by atoms with Crippen LogP contribution in [0.1, 0.15) is 10.4 Å². The number of amides is 1. The molecular weight excluding hydrogens is 270 g/mol. The first-order valence-corrected chi connectivity index (χ1v) is 6.27. The van der Waals surface area contributed by atoms with Crippen molar-refractivity contribution in [2.75, 3.05) is 19.5 Å². The highest BCUT2D eigenvalue weighted by atomic mass is 16.5. The standard InChI is InChI=1S/C16H15NO4/c1-20-12-8-6-11(7-9-12)15-13(16(19)21-2)4-3-5-14(15)17-10-18/h3-10H,1-2H3,(H,17,18). The molecule has 0 spiro atoms. The number of benzene rings is 2. The van der Waals surface area contributed by atoms with Crippen LogP contribution in [0.5, 0.6) is 5.75 Å². The van der Waals surface area contributed by atoms with E-state index >= 15 is 0 Å². The van der Waals surface area contributed by atoms with Crippen molar-refractivity contribution >= 4 is 18.1 Å². The van der Waals surface area contributed by atoms with Crippen LogP contribution >= 0.6 is 0 Å². The second-order valence-electron chi connectivity index (χ2n) is 4.21. The summed E-state index contributed by atoms with van der Waals surface area (Å²) in [4.78, 5) is 22.7. The topological polar surface area (TPSA) is 64.6 Å². The Morgan fingerprint density at radius 3 is 2.38 bits per heavy atom. The second-order valence-corrected chi connectivity index (χ2v) is 4.21. The summed E-state index contributed by atoms with van der Waals surface area (Å²) < 4.78 is 9.91. The molecule has 0 radical (unpaired) electrons. The van der Waals surface area contributed by atoms with E-state index in [1.165, 1.54) is 7.11 Å². The van der Waals surface area contributed by atoms with Crippen LogP contribution in [0.4, 0.5) is 5.69 Å². The fourth-order valence-corrected chi connectivity index (χ4v) is 2.08. The lowest BCUT2D eigenvalue weighted by atomic mass is 9.97. The quantitative estimate of drug-likeness (QED) is 0.677. The average Bonchev–Trinajstić information content (AvgIpc) is 2.54. The summed E-state index contributed by atoms with van der Waals surface area (Å²) in [7, 11) is 2.90. The first-order chi connectivity index (χ1) is 10.2. The summed E-state index contributed by atoms with van der Waals surface area (Å²) in [5.41, 5.74) is 2.31. The Labute approximate surface area is 122 Å². The third kappa shape index (κ3) is 3.02. The molecule has 0 atom stereocenters. The number of nitrogens with one attached hydrogen (secondary N) is 1. The predicted molar refractivity (Wildman–Crippen MR) is 79.5 cm³/mol. The van der Waals surface area contributed by atoms with Crippen LogP contribution in [-0.4, -0.2) is 26.6 Å². The number of rotatable bonds is 5. The molecule has 0 unspecified atom stereocenters. The highest BCUT2D eigenvalue weighted by molar-refractivity contribution is 6.02. The average molecular weight is 285 g/mol. The predicted octanol–water partition coefficient (Wildman–Crippen LogP) is 2.72. The van der Waals surface area contributed by atoms with Crippen molar-refractivity contribution < 1.29 is 19.1 Å². The van der Waals surface area contributed by atoms with Crippen molar-refractivity contribution in [3.05, 3.63) is 48.0 Å². The van der Waals surface area contributed by atoms with E-state index < -0.39 is 5.97 Å². The molecule has 2 aromatic carbocycles. The van der Waals surface area contributed by atoms with Gasteiger partial charge >= 0.3 is 5.97 Å². The number of hydrogen-bond acceptors (Lipinski definition) is 4. The Hall–Kier alpha value is -2.82. The van der Waals surface area contributed by atoms with Gasteiger partial charge in [-0.2, -0.15) is 0 Å². The molecular formula is C16H15NO4. The Bertz CT molecular complexity index is 650. The summed E-state index contributed by atoms with van der Waals surface area (Å²) in [5.74, 6) is 0.245. The van der Waals surface area contributed by atoms with Crippen LogP contribution in [-0.2, 0) is 9.53 Å². The van der Waals surface area contributed by atoms with E-state index in [1.54, 1.807) is 37.4 Å². The van der Waals surface area contributed by atoms with E-state index in [1.807, 2.05) is 12.1 Å². The molecule has 2 aromatic rings. The minimum atomic E-state index is -0.463. The third-order valence-corrected chi connectivity index (χ3v) is 3.06. The SMILES string of the molecule is COC(=O)c1cccc(NC=O)c1-c1ccc(OC)cc1. The third-order valence-electron chi connectivity index (χ3n) is 3.06. The Morgan fingerprint density at radius 2 is 1.81 bits per heavy atom. The van der Waals surface area contributed by atoms with E-state index in [9.17, 15) is 9.59 Å². The van der Waals surface area contributed by atoms with Crippen LogP contribution in [0, 0.1) is 0 Å². The molecule has 0 heterocycles. The zero-order valence-electron chi connectivity index (χ0n) is 11.8. The molecule has 0 aromatic heterocycles. The van der Waals surface area contributed by atoms with Gasteiger partial charge in [-0.05, 0) is 29.8 Å². The van der Waals surface area contributed by atoms with Gasteiger partial charge < -0.3 is 14.8 Å². The van der Waals surface area contributed by atoms with Gasteiger partial charge in [-0.15, -0.1) is 0 Å². The summed E-state index contributed by atoms with van der Waals surface area (Å²) in [6.07, 6.45) is 0.573. The van der Waals surface area contributed by atoms with E-state index in [0.29, 0.717) is 29.0 Å². The fourth-order valence-electron chi connectivity index (χ4n) is 2.08. The highest BCUT2D eigenvalue weighted by Gasteiger charge is 2.16. The number of ether oxygens (including phenoxy) is 2. The number of esters is 1. The lowest BCUT2D eigenvalue weighted by Gasteiger charge is -2.13. The molecule has 0 fully saturated rings. The largest absolute Gasteiger partial charge is 0.497 e. The van der Waals surface area contributed by atoms with Gasteiger partial charge in [0.2, 0.25) is 6.41 Å². The van der Waals surface area contributed by atoms with Gasteiger partial charge in [0.05, 0.1) is 19.8 Å². The molecule has 0 bridgehead atoms. The molecule has 0 aliphatic heterocycles. The fraction of sp³-hybridized carbons (Fsp3) is 0.125. The van der Waals surface area contributed by atoms with Crippen molar-refractivity contribution in [2.24, 2.45) is 0 Å². The van der Waals surface area contributed by atoms with Gasteiger partial charge in [0.1, 0.15) is 5.75 Å². The van der Waals surface area contributed by atoms with Gasteiger partial charge in [-0.3, -0.25) is 4.79 Å². The molecule has 5 heteroatoms. The van der Waals surface area contributed by atoms with E-state index in [2.05, 4.69) is 5.32 Å². The number of carbonyl (C=O) groups excluding carboxylic acids is 2. The first-order valence-electron chi connectivity index (χ1n) is 6.27. The lowest BCUT2D eigenvalue weighted by Crippen LogP contribution is -2.06. The van der Waals surface area contributed by atoms with E-state index in [-0.39, 0.29) is 0 Å². The Morgan fingerprint density at radius 1 is 1.10 bits per heavy atom. The molecule has 108 valence electrons. The molecule has 0 saturated heterocycles. The smallest absolute Gasteiger partial charge is 0.338 e. The van der Waals surface area contributed by atoms with Crippen molar-refractivity contribution in [3.63, 3.8) is 0 Å². The molecule has 1 N–H and O–H groups in total. The van der Waals surface area contributed by atoms with Crippen molar-refractivity contribution in [2.45, 2.75) is 0 Å². The first kappa shape index (κ1) is 14.6. The molecule has 0 aliphatic carbocycles. The van der Waals surface area contributed by atoms with Crippen molar-refractivity contribution in [1.29, 1.82) is 0 Å². The van der Waals surface area contributed by atoms with Gasteiger partial charge in [0.25, 0.3) is 0 Å². The normalized spacial score (nSPS) is 9.81. The van der Waals surface area contributed by atoms with Crippen LogP contribution < -0.4 is 10.1 Å². The van der Waals surface area contributed by atoms with Gasteiger partial charge in [-0.1, -0.05) is 18.2 Å². The molecule has 0 saturated carbocycles. The summed E-state index contributed by atoms with van der Waals surface area (Å²) in [6, 6.07) is 12.3. The number of hydrogen-bond donors (Lipinski definition) is 1. The number of anilines is 1. The summed E-state index contributed by atoms with van der Waals surface area (Å²) in [5, 5.41) is 2.60. The van der Waals surface area contributed by atoms with Gasteiger partial charge in [0, 0.05) is 11.3 Å². The maximum absolute atomic E-state index is 11.9. The summed E-state index contributed by atoms with van der Waals surface area (Å²) in [6.45, 7) is 0. The number of carbonyl (C=O) groups is 2. The van der Waals surface area contributed by atoms with E-state index in [0.717, 1.165) is 5.56 Å². The summed E-state index contributed by atoms with van der Waals surface area (Å²) >= 11 is 0. The minimum absolute atomic E-state index is 0.384. The van der Waals surface area contributed by atoms with Crippen molar-refractivity contribution in [1.82, 2.24) is 0 Å². The van der Waals surface area contributed by atoms with Gasteiger partial charge in [-0.25, -0.2) is 4.79 Å². The molecule has 0 aliphatic rings. The molecule has 21 heavy (non-hydrogen) atoms. The maximum atomic E-state index is 11.9. The van der Waals surface area contributed by atoms with Crippen LogP contribution in [0.25, 0.3) is 11.1 Å². The lowest BCUT2D eigenvalue weighted by molar-refractivity contribution is -0.105. The van der Waals surface area contributed by atoms with Gasteiger partial charge in [0.15, 0.2) is 0 Å². The highest BCUT2D eigenvalue weighted by Crippen LogP contribution is 2.33. The minimum Gasteiger partial charge on any atom is -0.497 e. The Kier molecular flexibility index (Phi) is 4.56. The maximum Gasteiger partial charge on any atom is 0.338 e. The number of methoxy groups -OCH3 is 2. The Balaban J connectivity index is 2.61. The van der Waals surface area contributed by atoms with Crippen LogP contribution in [0.2, 0.25) is 0 Å². The molecule has 2 rings (SSSR count). The van der Waals surface area contributed by atoms with E-state index in [4.69, 9.17) is 9.47 Å². The van der Waals surface area contributed by atoms with Crippen LogP contribution in [0.3, 0.4) is 0 Å². The van der Waals surface area contributed by atoms with Crippen LogP contribution in [0.15, 0.2) is 42.5 Å². The molecule has 1 amide bonds. The monoisotopic (exact) mass is 285 g/mol. The second kappa shape index (κ2) is 6.56.